The summed E-state index contributed by atoms with van der Waals surface area (Å²) in [5, 5.41) is 9.06. The molecule has 0 bridgehead atoms. The number of nitrogens with zero attached hydrogens (tertiary/aromatic N) is 2. The summed E-state index contributed by atoms with van der Waals surface area (Å²) >= 11 is 6.08. The Bertz CT molecular complexity index is 739. The molecule has 0 saturated carbocycles. The van der Waals surface area contributed by atoms with Crippen LogP contribution in [0.3, 0.4) is 0 Å². The van der Waals surface area contributed by atoms with Crippen LogP contribution >= 0.6 is 11.6 Å². The second-order valence-corrected chi connectivity index (χ2v) is 4.13. The average Bonchev–Trinajstić information content (AvgIpc) is 2.87. The first-order chi connectivity index (χ1) is 8.74. The summed E-state index contributed by atoms with van der Waals surface area (Å²) < 4.78 is 10.5. The Kier molecular flexibility index (Phi) is 2.48. The number of fused-ring (bicyclic) bond motifs is 3. The summed E-state index contributed by atoms with van der Waals surface area (Å²) in [5.74, 6) is 1.27. The molecular weight excluding hydrogens is 254 g/mol. The van der Waals surface area contributed by atoms with E-state index >= 15 is 0 Å². The fourth-order valence-electron chi connectivity index (χ4n) is 1.99. The highest BCUT2D eigenvalue weighted by molar-refractivity contribution is 6.35. The lowest BCUT2D eigenvalue weighted by Gasteiger charge is -2.09. The van der Waals surface area contributed by atoms with Crippen molar-refractivity contribution in [2.45, 2.75) is 0 Å². The van der Waals surface area contributed by atoms with Crippen molar-refractivity contribution in [2.24, 2.45) is 0 Å². The van der Waals surface area contributed by atoms with Gasteiger partial charge in [0.1, 0.15) is 5.52 Å². The fourth-order valence-corrected chi connectivity index (χ4v) is 2.22. The van der Waals surface area contributed by atoms with Crippen LogP contribution < -0.4 is 9.47 Å². The number of methoxy groups -OCH3 is 2. The molecule has 1 N–H and O–H groups in total. The van der Waals surface area contributed by atoms with E-state index in [9.17, 15) is 0 Å². The molecule has 92 valence electrons. The molecule has 0 radical (unpaired) electrons. The summed E-state index contributed by atoms with van der Waals surface area (Å²) in [5.41, 5.74) is 1.39. The molecule has 0 aliphatic heterocycles. The van der Waals surface area contributed by atoms with Crippen molar-refractivity contribution >= 4 is 33.4 Å². The minimum absolute atomic E-state index is 0.367. The van der Waals surface area contributed by atoms with Crippen molar-refractivity contribution in [1.82, 2.24) is 15.2 Å². The van der Waals surface area contributed by atoms with E-state index in [0.29, 0.717) is 22.2 Å². The second kappa shape index (κ2) is 4.03. The Morgan fingerprint density at radius 1 is 1.11 bits per heavy atom. The smallest absolute Gasteiger partial charge is 0.162 e. The topological polar surface area (TPSA) is 60.0 Å². The van der Waals surface area contributed by atoms with Gasteiger partial charge in [0.2, 0.25) is 0 Å². The predicted molar refractivity (Wildman–Crippen MR) is 69.5 cm³/mol. The summed E-state index contributed by atoms with van der Waals surface area (Å²) in [6, 6.07) is 3.67. The van der Waals surface area contributed by atoms with Gasteiger partial charge in [0.05, 0.1) is 19.7 Å². The predicted octanol–water partition coefficient (Wildman–Crippen LogP) is 2.78. The molecule has 3 rings (SSSR count). The number of aromatic amines is 1. The third-order valence-electron chi connectivity index (χ3n) is 2.85. The Balaban J connectivity index is 2.46. The van der Waals surface area contributed by atoms with Crippen molar-refractivity contribution in [3.63, 3.8) is 0 Å². The van der Waals surface area contributed by atoms with Crippen molar-refractivity contribution < 1.29 is 9.47 Å². The fraction of sp³-hybridized carbons (Fsp3) is 0.167. The highest BCUT2D eigenvalue weighted by Gasteiger charge is 2.13. The maximum Gasteiger partial charge on any atom is 0.162 e. The number of hydrogen-bond donors (Lipinski definition) is 1. The minimum atomic E-state index is 0.367. The average molecular weight is 264 g/mol. The molecule has 0 aliphatic carbocycles. The molecular formula is C12H10ClN3O2. The van der Waals surface area contributed by atoms with E-state index in [1.165, 1.54) is 0 Å². The molecule has 18 heavy (non-hydrogen) atoms. The van der Waals surface area contributed by atoms with Crippen LogP contribution in [0.25, 0.3) is 21.8 Å². The lowest BCUT2D eigenvalue weighted by Crippen LogP contribution is -1.92. The monoisotopic (exact) mass is 263 g/mol. The standard InChI is InChI=1S/C12H10ClN3O2/c1-17-9-3-6-7-5-14-16-11(7)12(13)15-8(6)4-10(9)18-2/h3-5H,1-2H3,(H,14,16). The van der Waals surface area contributed by atoms with Crippen molar-refractivity contribution in [1.29, 1.82) is 0 Å². The lowest BCUT2D eigenvalue weighted by molar-refractivity contribution is 0.356. The minimum Gasteiger partial charge on any atom is -0.493 e. The van der Waals surface area contributed by atoms with E-state index in [-0.39, 0.29) is 0 Å². The van der Waals surface area contributed by atoms with Gasteiger partial charge in [-0.1, -0.05) is 11.6 Å². The Hall–Kier alpha value is -2.01. The quantitative estimate of drug-likeness (QED) is 0.722. The van der Waals surface area contributed by atoms with Crippen molar-refractivity contribution in [3.05, 3.63) is 23.5 Å². The van der Waals surface area contributed by atoms with Crippen LogP contribution in [0, 0.1) is 0 Å². The van der Waals surface area contributed by atoms with E-state index < -0.39 is 0 Å². The maximum absolute atomic E-state index is 6.08. The van der Waals surface area contributed by atoms with E-state index in [0.717, 1.165) is 16.3 Å². The van der Waals surface area contributed by atoms with E-state index in [2.05, 4.69) is 15.2 Å². The Morgan fingerprint density at radius 2 is 1.83 bits per heavy atom. The molecule has 0 atom stereocenters. The van der Waals surface area contributed by atoms with Gasteiger partial charge in [-0.15, -0.1) is 0 Å². The molecule has 5 nitrogen and oxygen atoms in total. The number of pyridine rings is 1. The van der Waals surface area contributed by atoms with Gasteiger partial charge in [0.15, 0.2) is 16.7 Å². The summed E-state index contributed by atoms with van der Waals surface area (Å²) in [7, 11) is 3.18. The normalized spacial score (nSPS) is 11.1. The van der Waals surface area contributed by atoms with E-state index in [4.69, 9.17) is 21.1 Å². The molecule has 2 aromatic heterocycles. The number of nitrogens with one attached hydrogen (secondary N) is 1. The van der Waals surface area contributed by atoms with Crippen LogP contribution in [0.2, 0.25) is 5.15 Å². The Labute approximate surface area is 108 Å². The van der Waals surface area contributed by atoms with Gasteiger partial charge in [-0.25, -0.2) is 4.98 Å². The third kappa shape index (κ3) is 1.48. The van der Waals surface area contributed by atoms with Crippen LogP contribution in [-0.4, -0.2) is 29.4 Å². The lowest BCUT2D eigenvalue weighted by atomic mass is 10.1. The van der Waals surface area contributed by atoms with Gasteiger partial charge < -0.3 is 9.47 Å². The zero-order valence-electron chi connectivity index (χ0n) is 9.82. The molecule has 0 aliphatic rings. The maximum atomic E-state index is 6.08. The van der Waals surface area contributed by atoms with Crippen molar-refractivity contribution in [2.75, 3.05) is 14.2 Å². The number of benzene rings is 1. The van der Waals surface area contributed by atoms with Crippen LogP contribution in [0.15, 0.2) is 18.3 Å². The van der Waals surface area contributed by atoms with Gasteiger partial charge >= 0.3 is 0 Å². The zero-order valence-corrected chi connectivity index (χ0v) is 10.6. The van der Waals surface area contributed by atoms with Crippen molar-refractivity contribution in [3.8, 4) is 11.5 Å². The van der Waals surface area contributed by atoms with Gasteiger partial charge in [0.25, 0.3) is 0 Å². The molecule has 0 fully saturated rings. The molecule has 6 heteroatoms. The third-order valence-corrected chi connectivity index (χ3v) is 3.11. The van der Waals surface area contributed by atoms with E-state index in [1.807, 2.05) is 6.07 Å². The number of hydrogen-bond acceptors (Lipinski definition) is 4. The first kappa shape index (κ1) is 11.1. The largest absolute Gasteiger partial charge is 0.493 e. The number of H-pyrrole nitrogens is 1. The molecule has 1 aromatic carbocycles. The number of halogens is 1. The van der Waals surface area contributed by atoms with Gasteiger partial charge in [-0.05, 0) is 6.07 Å². The first-order valence-electron chi connectivity index (χ1n) is 5.29. The van der Waals surface area contributed by atoms with Crippen LogP contribution in [0.4, 0.5) is 0 Å². The Morgan fingerprint density at radius 3 is 2.56 bits per heavy atom. The van der Waals surface area contributed by atoms with Gasteiger partial charge in [-0.3, -0.25) is 5.10 Å². The molecule has 0 unspecified atom stereocenters. The highest BCUT2D eigenvalue weighted by atomic mass is 35.5. The second-order valence-electron chi connectivity index (χ2n) is 3.77. The van der Waals surface area contributed by atoms with Crippen LogP contribution in [0.1, 0.15) is 0 Å². The highest BCUT2D eigenvalue weighted by Crippen LogP contribution is 2.35. The summed E-state index contributed by atoms with van der Waals surface area (Å²) in [6.45, 7) is 0. The molecule has 3 aromatic rings. The molecule has 2 heterocycles. The molecule has 0 amide bonds. The molecule has 0 saturated heterocycles. The summed E-state index contributed by atoms with van der Waals surface area (Å²) in [6.07, 6.45) is 1.79. The van der Waals surface area contributed by atoms with Crippen LogP contribution in [-0.2, 0) is 0 Å². The summed E-state index contributed by atoms with van der Waals surface area (Å²) in [4.78, 5) is 4.31. The van der Waals surface area contributed by atoms with Gasteiger partial charge in [-0.2, -0.15) is 5.10 Å². The molecule has 0 spiro atoms. The number of ether oxygens (including phenoxy) is 2. The van der Waals surface area contributed by atoms with Crippen LogP contribution in [0.5, 0.6) is 11.5 Å². The number of aromatic nitrogens is 3. The van der Waals surface area contributed by atoms with Gasteiger partial charge in [0, 0.05) is 23.0 Å². The zero-order chi connectivity index (χ0) is 12.7. The van der Waals surface area contributed by atoms with E-state index in [1.54, 1.807) is 26.5 Å². The first-order valence-corrected chi connectivity index (χ1v) is 5.67. The SMILES string of the molecule is COc1cc2nc(Cl)c3n[nH]cc3c2cc1OC. The number of rotatable bonds is 2.